The van der Waals surface area contributed by atoms with Crippen molar-refractivity contribution < 1.29 is 14.3 Å². The van der Waals surface area contributed by atoms with Gasteiger partial charge in [0.2, 0.25) is 0 Å². The fourth-order valence-corrected chi connectivity index (χ4v) is 3.95. The molecule has 7 nitrogen and oxygen atoms in total. The minimum atomic E-state index is -0.373. The molecule has 0 spiro atoms. The summed E-state index contributed by atoms with van der Waals surface area (Å²) < 4.78 is 5.61. The van der Waals surface area contributed by atoms with Crippen molar-refractivity contribution in [1.82, 2.24) is 15.2 Å². The van der Waals surface area contributed by atoms with Crippen LogP contribution in [0.2, 0.25) is 0 Å². The van der Waals surface area contributed by atoms with Crippen molar-refractivity contribution in [3.63, 3.8) is 0 Å². The number of rotatable bonds is 4. The van der Waals surface area contributed by atoms with Crippen molar-refractivity contribution in [2.24, 2.45) is 0 Å². The average molecular weight is 438 g/mol. The molecule has 2 heterocycles. The molecule has 164 valence electrons. The SMILES string of the molecule is Cc1nc(-c2ccc(C)c(NC(=O)c3ccc4c(c3)CC(c3ccccc3)OC4=O)c2)n[nH]1. The summed E-state index contributed by atoms with van der Waals surface area (Å²) in [6.07, 6.45) is 0.151. The average Bonchev–Trinajstić information content (AvgIpc) is 3.27. The maximum absolute atomic E-state index is 13.1. The van der Waals surface area contributed by atoms with E-state index in [2.05, 4.69) is 20.5 Å². The van der Waals surface area contributed by atoms with Gasteiger partial charge in [0.15, 0.2) is 5.82 Å². The molecule has 1 aromatic heterocycles. The lowest BCUT2D eigenvalue weighted by atomic mass is 9.93. The van der Waals surface area contributed by atoms with Crippen LogP contribution in [0.1, 0.15) is 49.3 Å². The van der Waals surface area contributed by atoms with E-state index < -0.39 is 0 Å². The Morgan fingerprint density at radius 3 is 2.64 bits per heavy atom. The van der Waals surface area contributed by atoms with E-state index in [1.807, 2.05) is 62.4 Å². The standard InChI is InChI=1S/C26H22N4O3/c1-15-8-9-18(24-27-16(2)29-30-24)13-22(15)28-25(31)19-10-11-21-20(12-19)14-23(33-26(21)32)17-6-4-3-5-7-17/h3-13,23H,14H2,1-2H3,(H,28,31)(H,27,29,30). The molecule has 0 saturated carbocycles. The van der Waals surface area contributed by atoms with Crippen LogP contribution >= 0.6 is 0 Å². The predicted octanol–water partition coefficient (Wildman–Crippen LogP) is 4.80. The summed E-state index contributed by atoms with van der Waals surface area (Å²) >= 11 is 0. The van der Waals surface area contributed by atoms with Crippen LogP contribution in [-0.2, 0) is 11.2 Å². The number of aromatic nitrogens is 3. The van der Waals surface area contributed by atoms with Gasteiger partial charge in [0, 0.05) is 23.2 Å². The van der Waals surface area contributed by atoms with Gasteiger partial charge in [-0.25, -0.2) is 9.78 Å². The second-order valence-corrected chi connectivity index (χ2v) is 8.11. The van der Waals surface area contributed by atoms with E-state index in [1.165, 1.54) is 0 Å². The molecular weight excluding hydrogens is 416 g/mol. The first-order valence-electron chi connectivity index (χ1n) is 10.7. The molecule has 1 aliphatic heterocycles. The van der Waals surface area contributed by atoms with Gasteiger partial charge in [0.05, 0.1) is 5.56 Å². The van der Waals surface area contributed by atoms with Gasteiger partial charge in [-0.2, -0.15) is 5.10 Å². The van der Waals surface area contributed by atoms with E-state index in [-0.39, 0.29) is 18.0 Å². The number of H-pyrrole nitrogens is 1. The number of benzene rings is 3. The topological polar surface area (TPSA) is 97.0 Å². The van der Waals surface area contributed by atoms with Crippen molar-refractivity contribution in [2.75, 3.05) is 5.32 Å². The summed E-state index contributed by atoms with van der Waals surface area (Å²) in [6.45, 7) is 3.76. The molecule has 0 fully saturated rings. The highest BCUT2D eigenvalue weighted by Gasteiger charge is 2.28. The number of aromatic amines is 1. The van der Waals surface area contributed by atoms with E-state index in [0.717, 1.165) is 28.1 Å². The normalized spacial score (nSPS) is 15.0. The zero-order valence-corrected chi connectivity index (χ0v) is 18.3. The van der Waals surface area contributed by atoms with Crippen LogP contribution in [0.15, 0.2) is 66.7 Å². The third-order valence-corrected chi connectivity index (χ3v) is 5.75. The Morgan fingerprint density at radius 2 is 1.88 bits per heavy atom. The number of aryl methyl sites for hydroxylation is 2. The maximum atomic E-state index is 13.1. The summed E-state index contributed by atoms with van der Waals surface area (Å²) in [7, 11) is 0. The van der Waals surface area contributed by atoms with Crippen LogP contribution in [-0.4, -0.2) is 27.1 Å². The van der Waals surface area contributed by atoms with Gasteiger partial charge in [-0.15, -0.1) is 0 Å². The van der Waals surface area contributed by atoms with E-state index in [1.54, 1.807) is 18.2 Å². The smallest absolute Gasteiger partial charge is 0.339 e. The van der Waals surface area contributed by atoms with Crippen LogP contribution in [0.4, 0.5) is 5.69 Å². The lowest BCUT2D eigenvalue weighted by Gasteiger charge is -2.25. The van der Waals surface area contributed by atoms with Crippen LogP contribution in [0, 0.1) is 13.8 Å². The molecular formula is C26H22N4O3. The second-order valence-electron chi connectivity index (χ2n) is 8.11. The minimum Gasteiger partial charge on any atom is -0.454 e. The van der Waals surface area contributed by atoms with Gasteiger partial charge in [-0.05, 0) is 54.8 Å². The number of amides is 1. The number of carbonyl (C=O) groups is 2. The molecule has 4 aromatic rings. The van der Waals surface area contributed by atoms with Gasteiger partial charge in [0.25, 0.3) is 5.91 Å². The first-order chi connectivity index (χ1) is 16.0. The Balaban J connectivity index is 1.40. The quantitative estimate of drug-likeness (QED) is 0.446. The molecule has 1 unspecified atom stereocenters. The fraction of sp³-hybridized carbons (Fsp3) is 0.154. The van der Waals surface area contributed by atoms with Crippen molar-refractivity contribution in [1.29, 1.82) is 0 Å². The van der Waals surface area contributed by atoms with E-state index >= 15 is 0 Å². The van der Waals surface area contributed by atoms with Crippen molar-refractivity contribution >= 4 is 17.6 Å². The number of fused-ring (bicyclic) bond motifs is 1. The summed E-state index contributed by atoms with van der Waals surface area (Å²) in [5.41, 5.74) is 5.12. The third kappa shape index (κ3) is 4.13. The van der Waals surface area contributed by atoms with E-state index in [4.69, 9.17) is 4.74 Å². The van der Waals surface area contributed by atoms with Gasteiger partial charge in [-0.3, -0.25) is 9.89 Å². The molecule has 1 amide bonds. The molecule has 1 aliphatic rings. The molecule has 0 bridgehead atoms. The number of hydrogen-bond donors (Lipinski definition) is 2. The van der Waals surface area contributed by atoms with Gasteiger partial charge < -0.3 is 10.1 Å². The Bertz CT molecular complexity index is 1360. The first-order valence-corrected chi connectivity index (χ1v) is 10.7. The molecule has 0 radical (unpaired) electrons. The monoisotopic (exact) mass is 438 g/mol. The number of ether oxygens (including phenoxy) is 1. The highest BCUT2D eigenvalue weighted by atomic mass is 16.5. The summed E-state index contributed by atoms with van der Waals surface area (Å²) in [6, 6.07) is 20.4. The van der Waals surface area contributed by atoms with E-state index in [0.29, 0.717) is 29.1 Å². The molecule has 33 heavy (non-hydrogen) atoms. The lowest BCUT2D eigenvalue weighted by Crippen LogP contribution is -2.23. The third-order valence-electron chi connectivity index (χ3n) is 5.75. The fourth-order valence-electron chi connectivity index (χ4n) is 3.95. The van der Waals surface area contributed by atoms with Gasteiger partial charge >= 0.3 is 5.97 Å². The molecule has 0 saturated heterocycles. The van der Waals surface area contributed by atoms with Crippen LogP contribution in [0.3, 0.4) is 0 Å². The second kappa shape index (κ2) is 8.35. The van der Waals surface area contributed by atoms with Gasteiger partial charge in [0.1, 0.15) is 11.9 Å². The molecule has 5 rings (SSSR count). The molecule has 2 N–H and O–H groups in total. The van der Waals surface area contributed by atoms with Crippen LogP contribution < -0.4 is 5.32 Å². The lowest BCUT2D eigenvalue weighted by molar-refractivity contribution is 0.0252. The Hall–Kier alpha value is -4.26. The zero-order valence-electron chi connectivity index (χ0n) is 18.3. The van der Waals surface area contributed by atoms with Crippen LogP contribution in [0.5, 0.6) is 0 Å². The molecule has 0 aliphatic carbocycles. The predicted molar refractivity (Wildman–Crippen MR) is 124 cm³/mol. The Labute approximate surface area is 190 Å². The molecule has 3 aromatic carbocycles. The summed E-state index contributed by atoms with van der Waals surface area (Å²) in [5, 5.41) is 10.0. The molecule has 7 heteroatoms. The number of nitrogens with one attached hydrogen (secondary N) is 2. The van der Waals surface area contributed by atoms with Crippen LogP contribution in [0.25, 0.3) is 11.4 Å². The number of carbonyl (C=O) groups excluding carboxylic acids is 2. The number of hydrogen-bond acceptors (Lipinski definition) is 5. The Morgan fingerprint density at radius 1 is 1.06 bits per heavy atom. The Kier molecular flexibility index (Phi) is 5.22. The number of nitrogens with zero attached hydrogens (tertiary/aromatic N) is 2. The summed E-state index contributed by atoms with van der Waals surface area (Å²) in [5.74, 6) is 0.668. The van der Waals surface area contributed by atoms with Crippen molar-refractivity contribution in [2.45, 2.75) is 26.4 Å². The van der Waals surface area contributed by atoms with Gasteiger partial charge in [-0.1, -0.05) is 42.5 Å². The van der Waals surface area contributed by atoms with Crippen molar-refractivity contribution in [3.8, 4) is 11.4 Å². The highest BCUT2D eigenvalue weighted by molar-refractivity contribution is 6.06. The number of anilines is 1. The van der Waals surface area contributed by atoms with E-state index in [9.17, 15) is 9.59 Å². The highest BCUT2D eigenvalue weighted by Crippen LogP contribution is 2.31. The minimum absolute atomic E-state index is 0.251. The zero-order chi connectivity index (χ0) is 22.9. The van der Waals surface area contributed by atoms with Crippen molar-refractivity contribution in [3.05, 3.63) is 100 Å². The largest absolute Gasteiger partial charge is 0.454 e. The first kappa shape index (κ1) is 20.6. The number of cyclic esters (lactones) is 1. The molecule has 1 atom stereocenters. The number of esters is 1. The maximum Gasteiger partial charge on any atom is 0.339 e. The summed E-state index contributed by atoms with van der Waals surface area (Å²) in [4.78, 5) is 29.9.